The van der Waals surface area contributed by atoms with E-state index in [1.54, 1.807) is 6.92 Å². The van der Waals surface area contributed by atoms with Crippen LogP contribution in [0, 0.1) is 5.92 Å². The molecule has 1 atom stereocenters. The molecule has 0 aliphatic heterocycles. The lowest BCUT2D eigenvalue weighted by molar-refractivity contribution is -0.141. The molecule has 0 aromatic rings. The average molecular weight is 225 g/mol. The van der Waals surface area contributed by atoms with Gasteiger partial charge in [-0.2, -0.15) is 0 Å². The first-order valence-corrected chi connectivity index (χ1v) is 6.12. The summed E-state index contributed by atoms with van der Waals surface area (Å²) in [6.45, 7) is 9.20. The molecule has 0 saturated heterocycles. The molecule has 92 valence electrons. The molecule has 0 spiro atoms. The maximum absolute atomic E-state index is 10.9. The highest BCUT2D eigenvalue weighted by Gasteiger charge is 2.25. The van der Waals surface area contributed by atoms with Crippen molar-refractivity contribution in [3.63, 3.8) is 0 Å². The zero-order valence-corrected chi connectivity index (χ0v) is 10.4. The molecule has 1 aliphatic rings. The molecule has 3 heteroatoms. The number of rotatable bonds is 6. The van der Waals surface area contributed by atoms with Crippen molar-refractivity contribution in [1.29, 1.82) is 0 Å². The first kappa shape index (κ1) is 13.2. The van der Waals surface area contributed by atoms with Crippen LogP contribution in [0.2, 0.25) is 0 Å². The van der Waals surface area contributed by atoms with Crippen molar-refractivity contribution >= 4 is 5.97 Å². The van der Waals surface area contributed by atoms with Gasteiger partial charge in [0.15, 0.2) is 0 Å². The molecule has 1 fully saturated rings. The van der Waals surface area contributed by atoms with Gasteiger partial charge in [0.2, 0.25) is 0 Å². The molecule has 0 aromatic carbocycles. The molecule has 0 amide bonds. The Labute approximate surface area is 98.1 Å². The van der Waals surface area contributed by atoms with Gasteiger partial charge in [-0.05, 0) is 19.8 Å². The highest BCUT2D eigenvalue weighted by molar-refractivity contribution is 5.69. The first-order valence-electron chi connectivity index (χ1n) is 6.12. The molecule has 0 bridgehead atoms. The van der Waals surface area contributed by atoms with Crippen LogP contribution in [-0.4, -0.2) is 35.1 Å². The number of carbonyl (C=O) groups is 1. The fourth-order valence-electron chi connectivity index (χ4n) is 2.39. The van der Waals surface area contributed by atoms with Gasteiger partial charge in [0.05, 0.1) is 5.92 Å². The van der Waals surface area contributed by atoms with Crippen molar-refractivity contribution in [3.8, 4) is 0 Å². The monoisotopic (exact) mass is 225 g/mol. The van der Waals surface area contributed by atoms with E-state index in [1.807, 2.05) is 6.92 Å². The van der Waals surface area contributed by atoms with Crippen LogP contribution in [0.1, 0.15) is 39.5 Å². The zero-order chi connectivity index (χ0) is 12.1. The Bertz CT molecular complexity index is 257. The molecule has 16 heavy (non-hydrogen) atoms. The Morgan fingerprint density at radius 2 is 2.06 bits per heavy atom. The third-order valence-electron chi connectivity index (χ3n) is 3.24. The van der Waals surface area contributed by atoms with Crippen LogP contribution in [-0.2, 0) is 4.79 Å². The Morgan fingerprint density at radius 1 is 1.50 bits per heavy atom. The molecule has 1 aliphatic carbocycles. The number of aliphatic carboxylic acids is 1. The van der Waals surface area contributed by atoms with Crippen LogP contribution in [0.5, 0.6) is 0 Å². The van der Waals surface area contributed by atoms with Crippen LogP contribution in [0.25, 0.3) is 0 Å². The number of carboxylic acid groups (broad SMARTS) is 1. The normalized spacial score (nSPS) is 18.9. The second-order valence-corrected chi connectivity index (χ2v) is 5.06. The Balaban J connectivity index is 2.55. The van der Waals surface area contributed by atoms with E-state index in [-0.39, 0.29) is 5.92 Å². The van der Waals surface area contributed by atoms with Gasteiger partial charge >= 0.3 is 5.97 Å². The highest BCUT2D eigenvalue weighted by Crippen LogP contribution is 2.24. The molecular formula is C13H23NO2. The Hall–Kier alpha value is -0.830. The van der Waals surface area contributed by atoms with Crippen molar-refractivity contribution in [2.24, 2.45) is 5.92 Å². The number of carboxylic acids is 1. The summed E-state index contributed by atoms with van der Waals surface area (Å²) in [5.41, 5.74) is 1.12. The highest BCUT2D eigenvalue weighted by atomic mass is 16.4. The topological polar surface area (TPSA) is 40.5 Å². The second kappa shape index (κ2) is 6.04. The lowest BCUT2D eigenvalue weighted by atomic mass is 10.1. The van der Waals surface area contributed by atoms with E-state index in [0.717, 1.165) is 12.1 Å². The maximum atomic E-state index is 10.9. The van der Waals surface area contributed by atoms with Gasteiger partial charge in [-0.3, -0.25) is 9.69 Å². The molecule has 0 heterocycles. The number of hydrogen-bond acceptors (Lipinski definition) is 2. The third kappa shape index (κ3) is 3.97. The van der Waals surface area contributed by atoms with E-state index in [2.05, 4.69) is 11.5 Å². The summed E-state index contributed by atoms with van der Waals surface area (Å²) < 4.78 is 0. The average Bonchev–Trinajstić information content (AvgIpc) is 2.68. The minimum absolute atomic E-state index is 0.292. The fraction of sp³-hybridized carbons (Fsp3) is 0.769. The maximum Gasteiger partial charge on any atom is 0.307 e. The van der Waals surface area contributed by atoms with E-state index in [4.69, 9.17) is 5.11 Å². The predicted molar refractivity (Wildman–Crippen MR) is 65.4 cm³/mol. The van der Waals surface area contributed by atoms with Gasteiger partial charge in [-0.25, -0.2) is 0 Å². The van der Waals surface area contributed by atoms with Gasteiger partial charge in [-0.15, -0.1) is 0 Å². The Morgan fingerprint density at radius 3 is 2.50 bits per heavy atom. The van der Waals surface area contributed by atoms with Gasteiger partial charge in [-0.1, -0.05) is 31.9 Å². The van der Waals surface area contributed by atoms with Crippen molar-refractivity contribution < 1.29 is 9.90 Å². The second-order valence-electron chi connectivity index (χ2n) is 5.06. The van der Waals surface area contributed by atoms with Crippen molar-refractivity contribution in [1.82, 2.24) is 4.90 Å². The van der Waals surface area contributed by atoms with E-state index in [0.29, 0.717) is 12.6 Å². The molecule has 1 unspecified atom stereocenters. The molecular weight excluding hydrogens is 202 g/mol. The first-order chi connectivity index (χ1) is 7.50. The summed E-state index contributed by atoms with van der Waals surface area (Å²) in [6, 6.07) is 0.568. The molecule has 0 radical (unpaired) electrons. The van der Waals surface area contributed by atoms with Crippen LogP contribution in [0.3, 0.4) is 0 Å². The number of nitrogens with zero attached hydrogens (tertiary/aromatic N) is 1. The quantitative estimate of drug-likeness (QED) is 0.706. The summed E-state index contributed by atoms with van der Waals surface area (Å²) >= 11 is 0. The summed E-state index contributed by atoms with van der Waals surface area (Å²) in [7, 11) is 0. The van der Waals surface area contributed by atoms with Crippen molar-refractivity contribution in [3.05, 3.63) is 12.2 Å². The van der Waals surface area contributed by atoms with Gasteiger partial charge in [0.1, 0.15) is 0 Å². The fourth-order valence-corrected chi connectivity index (χ4v) is 2.39. The SMILES string of the molecule is C=C(C)CN(CC(C)C(=O)O)C1CCCC1. The van der Waals surface area contributed by atoms with Gasteiger partial charge in [0.25, 0.3) is 0 Å². The Kier molecular flexibility index (Phi) is 5.00. The van der Waals surface area contributed by atoms with Gasteiger partial charge < -0.3 is 5.11 Å². The van der Waals surface area contributed by atoms with Gasteiger partial charge in [0, 0.05) is 19.1 Å². The van der Waals surface area contributed by atoms with E-state index in [9.17, 15) is 4.79 Å². The number of hydrogen-bond donors (Lipinski definition) is 1. The van der Waals surface area contributed by atoms with Crippen LogP contribution < -0.4 is 0 Å². The molecule has 0 aromatic heterocycles. The van der Waals surface area contributed by atoms with E-state index in [1.165, 1.54) is 25.7 Å². The lowest BCUT2D eigenvalue weighted by Gasteiger charge is -2.30. The molecule has 3 nitrogen and oxygen atoms in total. The van der Waals surface area contributed by atoms with Crippen LogP contribution in [0.4, 0.5) is 0 Å². The summed E-state index contributed by atoms with van der Waals surface area (Å²) in [5.74, 6) is -0.996. The van der Waals surface area contributed by atoms with Crippen LogP contribution >= 0.6 is 0 Å². The minimum Gasteiger partial charge on any atom is -0.481 e. The summed E-state index contributed by atoms with van der Waals surface area (Å²) in [5, 5.41) is 8.96. The zero-order valence-electron chi connectivity index (χ0n) is 10.4. The summed E-state index contributed by atoms with van der Waals surface area (Å²) in [4.78, 5) is 13.2. The largest absolute Gasteiger partial charge is 0.481 e. The summed E-state index contributed by atoms with van der Waals surface area (Å²) in [6.07, 6.45) is 4.97. The standard InChI is InChI=1S/C13H23NO2/c1-10(2)8-14(9-11(3)13(15)16)12-6-4-5-7-12/h11-12H,1,4-9H2,2-3H3,(H,15,16). The predicted octanol–water partition coefficient (Wildman–Crippen LogP) is 2.53. The molecule has 1 rings (SSSR count). The van der Waals surface area contributed by atoms with Crippen LogP contribution in [0.15, 0.2) is 12.2 Å². The third-order valence-corrected chi connectivity index (χ3v) is 3.24. The van der Waals surface area contributed by atoms with Crippen molar-refractivity contribution in [2.45, 2.75) is 45.6 Å². The van der Waals surface area contributed by atoms with E-state index >= 15 is 0 Å². The smallest absolute Gasteiger partial charge is 0.307 e. The minimum atomic E-state index is -0.704. The van der Waals surface area contributed by atoms with Crippen molar-refractivity contribution in [2.75, 3.05) is 13.1 Å². The van der Waals surface area contributed by atoms with E-state index < -0.39 is 5.97 Å². The molecule has 1 saturated carbocycles. The lowest BCUT2D eigenvalue weighted by Crippen LogP contribution is -2.39. The molecule has 1 N–H and O–H groups in total.